The fraction of sp³-hybridized carbons (Fsp3) is 0.348. The first-order valence-corrected chi connectivity index (χ1v) is 10.2. The van der Waals surface area contributed by atoms with Crippen LogP contribution in [0.3, 0.4) is 0 Å². The number of aliphatic hydroxyl groups is 1. The zero-order chi connectivity index (χ0) is 21.4. The number of ether oxygens (including phenoxy) is 2. The minimum absolute atomic E-state index is 0.250. The second-order valence-corrected chi connectivity index (χ2v) is 7.90. The summed E-state index contributed by atoms with van der Waals surface area (Å²) in [6.45, 7) is 0.812. The number of hydrogen-bond donors (Lipinski definition) is 1. The van der Waals surface area contributed by atoms with Crippen molar-refractivity contribution in [1.29, 1.82) is 0 Å². The number of hydrogen-bond acceptors (Lipinski definition) is 6. The van der Waals surface area contributed by atoms with Crippen LogP contribution in [0.15, 0.2) is 45.6 Å². The fourth-order valence-electron chi connectivity index (χ4n) is 4.25. The molecule has 6 nitrogen and oxygen atoms in total. The summed E-state index contributed by atoms with van der Waals surface area (Å²) < 4.78 is 17.4. The van der Waals surface area contributed by atoms with Crippen molar-refractivity contribution >= 4 is 22.6 Å². The van der Waals surface area contributed by atoms with Gasteiger partial charge in [-0.05, 0) is 38.6 Å². The van der Waals surface area contributed by atoms with E-state index >= 15 is 0 Å². The smallest absolute Gasteiger partial charge is 0.197 e. The molecule has 2 atom stereocenters. The molecule has 1 aliphatic heterocycles. The van der Waals surface area contributed by atoms with Crippen LogP contribution in [0.5, 0.6) is 11.5 Å². The molecule has 7 heteroatoms. The third-order valence-electron chi connectivity index (χ3n) is 5.69. The molecule has 0 bridgehead atoms. The first-order chi connectivity index (χ1) is 14.5. The van der Waals surface area contributed by atoms with Gasteiger partial charge < -0.3 is 19.0 Å². The Morgan fingerprint density at radius 1 is 1.17 bits per heavy atom. The van der Waals surface area contributed by atoms with Gasteiger partial charge in [-0.3, -0.25) is 9.69 Å². The van der Waals surface area contributed by atoms with E-state index in [0.717, 1.165) is 13.0 Å². The van der Waals surface area contributed by atoms with Gasteiger partial charge in [-0.1, -0.05) is 23.7 Å². The van der Waals surface area contributed by atoms with Crippen LogP contribution < -0.4 is 14.9 Å². The summed E-state index contributed by atoms with van der Waals surface area (Å²) in [5.74, 6) is 1.21. The lowest BCUT2D eigenvalue weighted by Crippen LogP contribution is -2.39. The fourth-order valence-corrected chi connectivity index (χ4v) is 4.48. The van der Waals surface area contributed by atoms with Gasteiger partial charge in [0.25, 0.3) is 0 Å². The van der Waals surface area contributed by atoms with Crippen molar-refractivity contribution in [2.75, 3.05) is 27.8 Å². The molecule has 2 aromatic carbocycles. The van der Waals surface area contributed by atoms with Crippen LogP contribution >= 0.6 is 11.6 Å². The van der Waals surface area contributed by atoms with E-state index in [4.69, 9.17) is 25.5 Å². The maximum Gasteiger partial charge on any atom is 0.197 e. The zero-order valence-electron chi connectivity index (χ0n) is 17.1. The number of aliphatic hydroxyl groups excluding tert-OH is 1. The highest BCUT2D eigenvalue weighted by molar-refractivity contribution is 6.33. The molecule has 3 aromatic rings. The molecule has 30 heavy (non-hydrogen) atoms. The average Bonchev–Trinajstić information content (AvgIpc) is 2.73. The van der Waals surface area contributed by atoms with E-state index in [2.05, 4.69) is 4.90 Å². The molecule has 1 fully saturated rings. The van der Waals surface area contributed by atoms with Crippen LogP contribution in [0.25, 0.3) is 22.3 Å². The topological polar surface area (TPSA) is 72.1 Å². The molecular weight excluding hydrogens is 406 g/mol. The molecular formula is C23H24ClNO5. The van der Waals surface area contributed by atoms with Gasteiger partial charge in [-0.2, -0.15) is 0 Å². The first kappa shape index (κ1) is 20.7. The molecule has 158 valence electrons. The maximum atomic E-state index is 13.2. The largest absolute Gasteiger partial charge is 0.496 e. The monoisotopic (exact) mass is 429 g/mol. The van der Waals surface area contributed by atoms with E-state index in [-0.39, 0.29) is 11.5 Å². The summed E-state index contributed by atoms with van der Waals surface area (Å²) in [7, 11) is 4.99. The molecule has 2 heterocycles. The third kappa shape index (κ3) is 3.45. The summed E-state index contributed by atoms with van der Waals surface area (Å²) in [5, 5.41) is 11.6. The summed E-state index contributed by atoms with van der Waals surface area (Å²) >= 11 is 6.35. The number of piperidine rings is 1. The van der Waals surface area contributed by atoms with Crippen LogP contribution in [0.1, 0.15) is 24.4 Å². The van der Waals surface area contributed by atoms with E-state index in [0.29, 0.717) is 50.8 Å². The number of nitrogens with zero attached hydrogens (tertiary/aromatic N) is 1. The van der Waals surface area contributed by atoms with Crippen LogP contribution in [-0.2, 0) is 0 Å². The summed E-state index contributed by atoms with van der Waals surface area (Å²) in [4.78, 5) is 15.2. The minimum atomic E-state index is -0.622. The van der Waals surface area contributed by atoms with E-state index in [1.807, 2.05) is 19.2 Å². The van der Waals surface area contributed by atoms with E-state index < -0.39 is 6.10 Å². The number of fused-ring (bicyclic) bond motifs is 1. The quantitative estimate of drug-likeness (QED) is 0.668. The standard InChI is InChI=1S/C23H24ClNO5/c1-25-10-6-9-15(26)22(25)21-19(29-3)12-18(28-2)20-16(27)11-17(30-23(20)21)13-7-4-5-8-14(13)24/h4-5,7-8,11-12,15,22,26H,6,9-10H2,1-3H3/t15-,22+/m0/s1. The highest BCUT2D eigenvalue weighted by Crippen LogP contribution is 2.44. The summed E-state index contributed by atoms with van der Waals surface area (Å²) in [6, 6.07) is 9.90. The lowest BCUT2D eigenvalue weighted by molar-refractivity contribution is 0.0232. The lowest BCUT2D eigenvalue weighted by Gasteiger charge is -2.37. The van der Waals surface area contributed by atoms with E-state index in [9.17, 15) is 9.90 Å². The van der Waals surface area contributed by atoms with Crippen LogP contribution in [-0.4, -0.2) is 43.9 Å². The minimum Gasteiger partial charge on any atom is -0.496 e. The Morgan fingerprint density at radius 3 is 2.57 bits per heavy atom. The van der Waals surface area contributed by atoms with Crippen molar-refractivity contribution in [3.63, 3.8) is 0 Å². The number of benzene rings is 2. The molecule has 4 rings (SSSR count). The second kappa shape index (κ2) is 8.30. The Hall–Kier alpha value is -2.54. The first-order valence-electron chi connectivity index (χ1n) is 9.82. The maximum absolute atomic E-state index is 13.2. The van der Waals surface area contributed by atoms with E-state index in [1.165, 1.54) is 13.2 Å². The number of halogens is 1. The Balaban J connectivity index is 2.09. The van der Waals surface area contributed by atoms with Gasteiger partial charge in [0.05, 0.1) is 37.0 Å². The van der Waals surface area contributed by atoms with Crippen LogP contribution in [0.2, 0.25) is 5.02 Å². The van der Waals surface area contributed by atoms with Gasteiger partial charge in [0.1, 0.15) is 22.6 Å². The molecule has 1 aliphatic rings. The summed E-state index contributed by atoms with van der Waals surface area (Å²) in [5.41, 5.74) is 1.34. The molecule has 0 saturated carbocycles. The van der Waals surface area contributed by atoms with Crippen molar-refractivity contribution in [1.82, 2.24) is 4.90 Å². The van der Waals surface area contributed by atoms with Crippen molar-refractivity contribution in [3.05, 3.63) is 57.2 Å². The summed E-state index contributed by atoms with van der Waals surface area (Å²) in [6.07, 6.45) is 0.919. The Labute approximate surface area is 179 Å². The Morgan fingerprint density at radius 2 is 1.90 bits per heavy atom. The predicted octanol–water partition coefficient (Wildman–Crippen LogP) is 4.26. The number of methoxy groups -OCH3 is 2. The predicted molar refractivity (Wildman–Crippen MR) is 117 cm³/mol. The second-order valence-electron chi connectivity index (χ2n) is 7.49. The Kier molecular flexibility index (Phi) is 5.73. The highest BCUT2D eigenvalue weighted by Gasteiger charge is 2.35. The average molecular weight is 430 g/mol. The van der Waals surface area contributed by atoms with Gasteiger partial charge in [0, 0.05) is 17.7 Å². The third-order valence-corrected chi connectivity index (χ3v) is 6.02. The van der Waals surface area contributed by atoms with Crippen molar-refractivity contribution in [2.45, 2.75) is 25.0 Å². The molecule has 1 saturated heterocycles. The van der Waals surface area contributed by atoms with Gasteiger partial charge >= 0.3 is 0 Å². The van der Waals surface area contributed by atoms with Gasteiger partial charge in [0.15, 0.2) is 11.0 Å². The lowest BCUT2D eigenvalue weighted by atomic mass is 9.90. The molecule has 0 unspecified atom stereocenters. The molecule has 1 N–H and O–H groups in total. The Bertz CT molecular complexity index is 1130. The van der Waals surface area contributed by atoms with Gasteiger partial charge in [0.2, 0.25) is 0 Å². The van der Waals surface area contributed by atoms with Crippen molar-refractivity contribution < 1.29 is 19.0 Å². The molecule has 0 spiro atoms. The molecule has 0 aliphatic carbocycles. The van der Waals surface area contributed by atoms with Gasteiger partial charge in [-0.15, -0.1) is 0 Å². The van der Waals surface area contributed by atoms with Crippen molar-refractivity contribution in [3.8, 4) is 22.8 Å². The number of likely N-dealkylation sites (tertiary alicyclic amines) is 1. The number of likely N-dealkylation sites (N-methyl/N-ethyl adjacent to an activating group) is 1. The SMILES string of the molecule is COc1cc(OC)c2c(=O)cc(-c3ccccc3Cl)oc2c1[C@H]1[C@@H](O)CCCN1C. The molecule has 1 aromatic heterocycles. The number of rotatable bonds is 4. The molecule has 0 radical (unpaired) electrons. The van der Waals surface area contributed by atoms with E-state index in [1.54, 1.807) is 25.3 Å². The van der Waals surface area contributed by atoms with Crippen LogP contribution in [0, 0.1) is 0 Å². The normalized spacial score (nSPS) is 19.8. The van der Waals surface area contributed by atoms with Gasteiger partial charge in [-0.25, -0.2) is 0 Å². The zero-order valence-corrected chi connectivity index (χ0v) is 17.9. The van der Waals surface area contributed by atoms with Crippen LogP contribution in [0.4, 0.5) is 0 Å². The van der Waals surface area contributed by atoms with Crippen molar-refractivity contribution in [2.24, 2.45) is 0 Å². The molecule has 0 amide bonds. The highest BCUT2D eigenvalue weighted by atomic mass is 35.5.